The number of benzene rings is 1. The molecule has 1 N–H and O–H groups in total. The Hall–Kier alpha value is -2.41. The summed E-state index contributed by atoms with van der Waals surface area (Å²) in [6, 6.07) is 8.88. The molecular formula is C14H17N3O4. The minimum atomic E-state index is -0.803. The average Bonchev–Trinajstić information content (AvgIpc) is 2.79. The fourth-order valence-electron chi connectivity index (χ4n) is 1.92. The van der Waals surface area contributed by atoms with Crippen LogP contribution in [0.1, 0.15) is 11.3 Å². The molecule has 0 saturated carbocycles. The van der Waals surface area contributed by atoms with Crippen LogP contribution in [0.15, 0.2) is 30.3 Å². The zero-order valence-electron chi connectivity index (χ0n) is 11.9. The molecule has 1 heterocycles. The van der Waals surface area contributed by atoms with Gasteiger partial charge in [0.05, 0.1) is 23.4 Å². The Bertz CT molecular complexity index is 639. The molecule has 7 heteroatoms. The maximum absolute atomic E-state index is 10.6. The maximum atomic E-state index is 10.6. The van der Waals surface area contributed by atoms with E-state index in [1.54, 1.807) is 6.92 Å². The average molecular weight is 291 g/mol. The highest BCUT2D eigenvalue weighted by atomic mass is 16.6. The third kappa shape index (κ3) is 3.79. The summed E-state index contributed by atoms with van der Waals surface area (Å²) in [4.78, 5) is 10.1. The molecule has 0 aliphatic heterocycles. The standard InChI is InChI=1S/C14H17N3O4/c1-10-5-3-4-6-13(10)21-9-12(18)8-16-11(2)7-14(15-16)17(19)20/h3-7,12,18H,8-9H2,1-2H3. The molecule has 21 heavy (non-hydrogen) atoms. The van der Waals surface area contributed by atoms with Gasteiger partial charge in [-0.25, -0.2) is 0 Å². The number of ether oxygens (including phenoxy) is 1. The van der Waals surface area contributed by atoms with Crippen molar-refractivity contribution in [2.75, 3.05) is 6.61 Å². The summed E-state index contributed by atoms with van der Waals surface area (Å²) in [6.45, 7) is 3.86. The molecule has 1 aromatic carbocycles. The number of aryl methyl sites for hydroxylation is 2. The molecule has 0 fully saturated rings. The molecule has 112 valence electrons. The Kier molecular flexibility index (Phi) is 4.54. The van der Waals surface area contributed by atoms with Gasteiger partial charge in [0.1, 0.15) is 18.5 Å². The number of para-hydroxylation sites is 1. The van der Waals surface area contributed by atoms with E-state index in [0.29, 0.717) is 11.4 Å². The minimum absolute atomic E-state index is 0.0952. The van der Waals surface area contributed by atoms with Crippen LogP contribution in [0.4, 0.5) is 5.82 Å². The summed E-state index contributed by atoms with van der Waals surface area (Å²) in [7, 11) is 0. The van der Waals surface area contributed by atoms with Gasteiger partial charge in [-0.05, 0) is 30.4 Å². The van der Waals surface area contributed by atoms with Crippen LogP contribution in [-0.4, -0.2) is 32.5 Å². The van der Waals surface area contributed by atoms with Crippen molar-refractivity contribution in [2.24, 2.45) is 0 Å². The van der Waals surface area contributed by atoms with E-state index in [-0.39, 0.29) is 19.0 Å². The lowest BCUT2D eigenvalue weighted by atomic mass is 10.2. The smallest absolute Gasteiger partial charge is 0.390 e. The monoisotopic (exact) mass is 291 g/mol. The number of hydrogen-bond donors (Lipinski definition) is 1. The fraction of sp³-hybridized carbons (Fsp3) is 0.357. The zero-order valence-corrected chi connectivity index (χ0v) is 11.9. The topological polar surface area (TPSA) is 90.4 Å². The number of hydrogen-bond acceptors (Lipinski definition) is 5. The predicted molar refractivity (Wildman–Crippen MR) is 76.3 cm³/mol. The summed E-state index contributed by atoms with van der Waals surface area (Å²) < 4.78 is 6.95. The van der Waals surface area contributed by atoms with Gasteiger partial charge in [0.25, 0.3) is 0 Å². The summed E-state index contributed by atoms with van der Waals surface area (Å²) >= 11 is 0. The molecular weight excluding hydrogens is 274 g/mol. The van der Waals surface area contributed by atoms with Gasteiger partial charge in [-0.3, -0.25) is 0 Å². The molecule has 0 spiro atoms. The van der Waals surface area contributed by atoms with Crippen LogP contribution in [0.5, 0.6) is 5.75 Å². The SMILES string of the molecule is Cc1ccccc1OCC(O)Cn1nc([N+](=O)[O-])cc1C. The number of aromatic nitrogens is 2. The van der Waals surface area contributed by atoms with Gasteiger partial charge in [-0.15, -0.1) is 0 Å². The first-order valence-electron chi connectivity index (χ1n) is 6.52. The molecule has 7 nitrogen and oxygen atoms in total. The first-order valence-corrected chi connectivity index (χ1v) is 6.52. The summed E-state index contributed by atoms with van der Waals surface area (Å²) in [5, 5.41) is 24.4. The molecule has 0 bridgehead atoms. The molecule has 0 aliphatic carbocycles. The number of rotatable bonds is 6. The highest BCUT2D eigenvalue weighted by Crippen LogP contribution is 2.17. The van der Waals surface area contributed by atoms with E-state index in [0.717, 1.165) is 5.56 Å². The zero-order chi connectivity index (χ0) is 15.4. The lowest BCUT2D eigenvalue weighted by Crippen LogP contribution is -2.25. The molecule has 2 rings (SSSR count). The Morgan fingerprint density at radius 1 is 1.43 bits per heavy atom. The molecule has 2 aromatic rings. The van der Waals surface area contributed by atoms with Gasteiger partial charge in [0.2, 0.25) is 0 Å². The molecule has 0 radical (unpaired) electrons. The first kappa shape index (κ1) is 15.0. The second-order valence-electron chi connectivity index (χ2n) is 4.81. The van der Waals surface area contributed by atoms with Crippen LogP contribution < -0.4 is 4.74 Å². The van der Waals surface area contributed by atoms with Crippen LogP contribution in [0.2, 0.25) is 0 Å². The van der Waals surface area contributed by atoms with Crippen LogP contribution >= 0.6 is 0 Å². The largest absolute Gasteiger partial charge is 0.491 e. The van der Waals surface area contributed by atoms with Crippen LogP contribution in [-0.2, 0) is 6.54 Å². The summed E-state index contributed by atoms with van der Waals surface area (Å²) in [6.07, 6.45) is -0.803. The van der Waals surface area contributed by atoms with Gasteiger partial charge in [-0.1, -0.05) is 18.2 Å². The predicted octanol–water partition coefficient (Wildman–Crippen LogP) is 1.85. The van der Waals surface area contributed by atoms with E-state index >= 15 is 0 Å². The quantitative estimate of drug-likeness (QED) is 0.648. The van der Waals surface area contributed by atoms with Crippen molar-refractivity contribution in [2.45, 2.75) is 26.5 Å². The second-order valence-corrected chi connectivity index (χ2v) is 4.81. The molecule has 0 saturated heterocycles. The Labute approximate surface area is 121 Å². The normalized spacial score (nSPS) is 12.1. The lowest BCUT2D eigenvalue weighted by molar-refractivity contribution is -0.389. The van der Waals surface area contributed by atoms with E-state index in [4.69, 9.17) is 4.74 Å². The van der Waals surface area contributed by atoms with E-state index < -0.39 is 11.0 Å². The van der Waals surface area contributed by atoms with E-state index in [9.17, 15) is 15.2 Å². The lowest BCUT2D eigenvalue weighted by Gasteiger charge is -2.13. The van der Waals surface area contributed by atoms with Crippen LogP contribution in [0.3, 0.4) is 0 Å². The van der Waals surface area contributed by atoms with E-state index in [2.05, 4.69) is 5.10 Å². The summed E-state index contributed by atoms with van der Waals surface area (Å²) in [5.74, 6) is 0.485. The van der Waals surface area contributed by atoms with E-state index in [1.165, 1.54) is 10.7 Å². The number of nitro groups is 1. The molecule has 0 amide bonds. The van der Waals surface area contributed by atoms with Gasteiger partial charge in [0, 0.05) is 0 Å². The molecule has 1 atom stereocenters. The first-order chi connectivity index (χ1) is 9.97. The summed E-state index contributed by atoms with van der Waals surface area (Å²) in [5.41, 5.74) is 1.60. The van der Waals surface area contributed by atoms with Crippen molar-refractivity contribution in [3.05, 3.63) is 51.7 Å². The van der Waals surface area contributed by atoms with Crippen molar-refractivity contribution in [3.63, 3.8) is 0 Å². The van der Waals surface area contributed by atoms with Crippen LogP contribution in [0.25, 0.3) is 0 Å². The fourth-order valence-corrected chi connectivity index (χ4v) is 1.92. The van der Waals surface area contributed by atoms with Gasteiger partial charge in [-0.2, -0.15) is 4.68 Å². The second kappa shape index (κ2) is 6.36. The molecule has 1 aromatic heterocycles. The third-order valence-corrected chi connectivity index (χ3v) is 3.06. The van der Waals surface area contributed by atoms with Crippen molar-refractivity contribution >= 4 is 5.82 Å². The maximum Gasteiger partial charge on any atom is 0.390 e. The minimum Gasteiger partial charge on any atom is -0.491 e. The highest BCUT2D eigenvalue weighted by Gasteiger charge is 2.18. The van der Waals surface area contributed by atoms with Gasteiger partial charge >= 0.3 is 5.82 Å². The Morgan fingerprint density at radius 2 is 2.14 bits per heavy atom. The van der Waals surface area contributed by atoms with Crippen molar-refractivity contribution in [3.8, 4) is 5.75 Å². The molecule has 0 aliphatic rings. The van der Waals surface area contributed by atoms with Crippen LogP contribution in [0, 0.1) is 24.0 Å². The highest BCUT2D eigenvalue weighted by molar-refractivity contribution is 5.31. The number of aliphatic hydroxyl groups is 1. The number of aliphatic hydroxyl groups excluding tert-OH is 1. The Morgan fingerprint density at radius 3 is 2.76 bits per heavy atom. The van der Waals surface area contributed by atoms with Crippen molar-refractivity contribution in [1.82, 2.24) is 9.78 Å². The third-order valence-electron chi connectivity index (χ3n) is 3.06. The van der Waals surface area contributed by atoms with Gasteiger partial charge in [0.15, 0.2) is 0 Å². The van der Waals surface area contributed by atoms with Gasteiger partial charge < -0.3 is 20.0 Å². The Balaban J connectivity index is 1.94. The number of nitrogens with zero attached hydrogens (tertiary/aromatic N) is 3. The van der Waals surface area contributed by atoms with E-state index in [1.807, 2.05) is 31.2 Å². The van der Waals surface area contributed by atoms with Crippen molar-refractivity contribution < 1.29 is 14.8 Å². The van der Waals surface area contributed by atoms with Crippen molar-refractivity contribution in [1.29, 1.82) is 0 Å². The molecule has 1 unspecified atom stereocenters.